The monoisotopic (exact) mass is 518 g/mol. The Kier molecular flexibility index (Phi) is 6.90. The molecule has 2 aliphatic heterocycles. The maximum absolute atomic E-state index is 12.6. The van der Waals surface area contributed by atoms with Crippen LogP contribution in [0.3, 0.4) is 0 Å². The van der Waals surface area contributed by atoms with Gasteiger partial charge in [0, 0.05) is 43.1 Å². The molecule has 1 atom stereocenters. The van der Waals surface area contributed by atoms with Crippen LogP contribution in [0.1, 0.15) is 53.6 Å². The van der Waals surface area contributed by atoms with Crippen molar-refractivity contribution in [2.75, 3.05) is 19.6 Å². The number of piperidine rings is 1. The highest BCUT2D eigenvalue weighted by Gasteiger charge is 2.29. The summed E-state index contributed by atoms with van der Waals surface area (Å²) in [5, 5.41) is 21.9. The lowest BCUT2D eigenvalue weighted by Gasteiger charge is -2.35. The van der Waals surface area contributed by atoms with Gasteiger partial charge < -0.3 is 10.4 Å². The van der Waals surface area contributed by atoms with Gasteiger partial charge in [-0.2, -0.15) is 5.10 Å². The zero-order valence-corrected chi connectivity index (χ0v) is 22.2. The summed E-state index contributed by atoms with van der Waals surface area (Å²) in [6.45, 7) is 5.33. The van der Waals surface area contributed by atoms with Crippen molar-refractivity contribution in [3.8, 4) is 0 Å². The number of rotatable bonds is 6. The van der Waals surface area contributed by atoms with Gasteiger partial charge in [0.1, 0.15) is 0 Å². The summed E-state index contributed by atoms with van der Waals surface area (Å²) in [6, 6.07) is 25.0. The number of carbonyl (C=O) groups excluding carboxylic acids is 1. The Morgan fingerprint density at radius 2 is 1.74 bits per heavy atom. The van der Waals surface area contributed by atoms with Gasteiger partial charge in [0.05, 0.1) is 16.8 Å². The van der Waals surface area contributed by atoms with E-state index in [1.165, 1.54) is 5.56 Å². The van der Waals surface area contributed by atoms with Crippen LogP contribution in [0.2, 0.25) is 0 Å². The van der Waals surface area contributed by atoms with E-state index in [0.29, 0.717) is 6.54 Å². The maximum Gasteiger partial charge on any atom is 0.247 e. The summed E-state index contributed by atoms with van der Waals surface area (Å²) in [4.78, 5) is 15.0. The molecule has 0 spiro atoms. The Hall–Kier alpha value is -4.00. The number of nitrogens with zero attached hydrogens (tertiary/aromatic N) is 2. The van der Waals surface area contributed by atoms with Crippen molar-refractivity contribution in [2.45, 2.75) is 37.8 Å². The van der Waals surface area contributed by atoms with Gasteiger partial charge in [0.15, 0.2) is 0 Å². The maximum atomic E-state index is 12.6. The van der Waals surface area contributed by atoms with Gasteiger partial charge in [-0.25, -0.2) is 0 Å². The summed E-state index contributed by atoms with van der Waals surface area (Å²) in [7, 11) is 0. The summed E-state index contributed by atoms with van der Waals surface area (Å²) < 4.78 is 0. The number of aromatic nitrogens is 2. The van der Waals surface area contributed by atoms with Crippen LogP contribution in [0.4, 0.5) is 0 Å². The van der Waals surface area contributed by atoms with Crippen molar-refractivity contribution < 1.29 is 9.90 Å². The van der Waals surface area contributed by atoms with Gasteiger partial charge in [-0.1, -0.05) is 66.7 Å². The number of fused-ring (bicyclic) bond motifs is 1. The minimum Gasteiger partial charge on any atom is -0.390 e. The van der Waals surface area contributed by atoms with Crippen molar-refractivity contribution in [1.29, 1.82) is 0 Å². The number of nitrogens with one attached hydrogen (secondary N) is 2. The van der Waals surface area contributed by atoms with E-state index in [-0.39, 0.29) is 11.8 Å². The first-order chi connectivity index (χ1) is 18.9. The second-order valence-electron chi connectivity index (χ2n) is 11.0. The number of aromatic amines is 1. The van der Waals surface area contributed by atoms with E-state index < -0.39 is 5.60 Å². The first-order valence-corrected chi connectivity index (χ1v) is 13.7. The molecule has 3 heterocycles. The summed E-state index contributed by atoms with van der Waals surface area (Å²) in [6.07, 6.45) is 7.76. The van der Waals surface area contributed by atoms with Crippen LogP contribution in [0.25, 0.3) is 29.1 Å². The predicted octanol–water partition coefficient (Wildman–Crippen LogP) is 5.38. The molecule has 1 amide bonds. The quantitative estimate of drug-likeness (QED) is 0.300. The Morgan fingerprint density at radius 3 is 2.51 bits per heavy atom. The van der Waals surface area contributed by atoms with E-state index in [0.717, 1.165) is 71.3 Å². The molecule has 0 aliphatic carbocycles. The number of carbonyl (C=O) groups is 1. The van der Waals surface area contributed by atoms with Crippen LogP contribution < -0.4 is 5.32 Å². The fourth-order valence-corrected chi connectivity index (χ4v) is 5.53. The average molecular weight is 519 g/mol. The van der Waals surface area contributed by atoms with Crippen LogP contribution in [-0.4, -0.2) is 51.3 Å². The fourth-order valence-electron chi connectivity index (χ4n) is 5.53. The van der Waals surface area contributed by atoms with E-state index in [1.54, 1.807) is 0 Å². The fraction of sp³-hybridized carbons (Fsp3) is 0.273. The molecule has 2 saturated heterocycles. The van der Waals surface area contributed by atoms with Crippen LogP contribution in [0.15, 0.2) is 78.4 Å². The molecule has 198 valence electrons. The highest BCUT2D eigenvalue weighted by Crippen LogP contribution is 2.31. The number of amides is 1. The Morgan fingerprint density at radius 1 is 1.00 bits per heavy atom. The molecular weight excluding hydrogens is 484 g/mol. The molecule has 39 heavy (non-hydrogen) atoms. The van der Waals surface area contributed by atoms with E-state index in [4.69, 9.17) is 0 Å². The van der Waals surface area contributed by atoms with E-state index in [1.807, 2.05) is 43.3 Å². The molecule has 2 aliphatic rings. The molecule has 0 bridgehead atoms. The van der Waals surface area contributed by atoms with E-state index >= 15 is 0 Å². The zero-order chi connectivity index (χ0) is 26.8. The number of hydrogen-bond acceptors (Lipinski definition) is 4. The molecule has 0 saturated carbocycles. The topological polar surface area (TPSA) is 81.2 Å². The van der Waals surface area contributed by atoms with Gasteiger partial charge in [0.25, 0.3) is 0 Å². The standard InChI is InChI=1S/C33H34N4O2/c1-33(39)15-17-37(18-16-33)22-24-9-7-23(8-10-24)12-14-30-27-13-11-25(20-31(27)36-35-30)19-28-29(21-34-32(28)38)26-5-3-2-4-6-26/h2-14,19-20,29,39H,15-18,21-22H2,1H3,(H,34,38)(H,35,36)/b14-12+,28-19+. The third-order valence-electron chi connectivity index (χ3n) is 8.00. The first kappa shape index (κ1) is 25.3. The van der Waals surface area contributed by atoms with Gasteiger partial charge in [0.2, 0.25) is 5.91 Å². The van der Waals surface area contributed by atoms with Crippen LogP contribution >= 0.6 is 0 Å². The lowest BCUT2D eigenvalue weighted by molar-refractivity contribution is -0.116. The van der Waals surface area contributed by atoms with Gasteiger partial charge in [-0.3, -0.25) is 14.8 Å². The van der Waals surface area contributed by atoms with Crippen molar-refractivity contribution >= 4 is 35.0 Å². The second kappa shape index (κ2) is 10.6. The summed E-state index contributed by atoms with van der Waals surface area (Å²) in [5.74, 6) is 0.0459. The summed E-state index contributed by atoms with van der Waals surface area (Å²) >= 11 is 0. The van der Waals surface area contributed by atoms with Crippen LogP contribution in [-0.2, 0) is 11.3 Å². The normalized spacial score (nSPS) is 20.7. The average Bonchev–Trinajstić information content (AvgIpc) is 3.52. The second-order valence-corrected chi connectivity index (χ2v) is 11.0. The van der Waals surface area contributed by atoms with Gasteiger partial charge in [-0.15, -0.1) is 0 Å². The molecule has 3 N–H and O–H groups in total. The molecular formula is C33H34N4O2. The molecule has 6 rings (SSSR count). The molecule has 0 radical (unpaired) electrons. The highest BCUT2D eigenvalue weighted by molar-refractivity contribution is 6.02. The Labute approximate surface area is 229 Å². The smallest absolute Gasteiger partial charge is 0.247 e. The Bertz CT molecular complexity index is 1520. The number of benzene rings is 3. The lowest BCUT2D eigenvalue weighted by Crippen LogP contribution is -2.41. The van der Waals surface area contributed by atoms with Gasteiger partial charge in [-0.05, 0) is 66.3 Å². The van der Waals surface area contributed by atoms with E-state index in [2.05, 4.69) is 75.0 Å². The van der Waals surface area contributed by atoms with Crippen molar-refractivity contribution in [3.63, 3.8) is 0 Å². The molecule has 2 fully saturated rings. The van der Waals surface area contributed by atoms with E-state index in [9.17, 15) is 9.90 Å². The van der Waals surface area contributed by atoms with Crippen LogP contribution in [0, 0.1) is 0 Å². The largest absolute Gasteiger partial charge is 0.390 e. The molecule has 6 heteroatoms. The van der Waals surface area contributed by atoms with Crippen molar-refractivity contribution in [3.05, 3.63) is 106 Å². The highest BCUT2D eigenvalue weighted by atomic mass is 16.3. The van der Waals surface area contributed by atoms with Gasteiger partial charge >= 0.3 is 0 Å². The molecule has 1 unspecified atom stereocenters. The summed E-state index contributed by atoms with van der Waals surface area (Å²) in [5.41, 5.74) is 6.62. The number of aliphatic hydroxyl groups is 1. The number of H-pyrrole nitrogens is 1. The molecule has 6 nitrogen and oxygen atoms in total. The predicted molar refractivity (Wildman–Crippen MR) is 157 cm³/mol. The zero-order valence-electron chi connectivity index (χ0n) is 22.2. The number of hydrogen-bond donors (Lipinski definition) is 3. The lowest BCUT2D eigenvalue weighted by atomic mass is 9.92. The first-order valence-electron chi connectivity index (χ1n) is 13.7. The minimum absolute atomic E-state index is 0.00715. The van der Waals surface area contributed by atoms with Crippen molar-refractivity contribution in [2.24, 2.45) is 0 Å². The van der Waals surface area contributed by atoms with Crippen LogP contribution in [0.5, 0.6) is 0 Å². The SMILES string of the molecule is CC1(O)CCN(Cc2ccc(/C=C/c3n[nH]c4cc(/C=C5/C(=O)NCC5c5ccccc5)ccc34)cc2)CC1. The molecule has 4 aromatic rings. The third-order valence-corrected chi connectivity index (χ3v) is 8.00. The molecule has 3 aromatic carbocycles. The third kappa shape index (κ3) is 5.72. The molecule has 1 aromatic heterocycles. The number of likely N-dealkylation sites (tertiary alicyclic amines) is 1. The minimum atomic E-state index is -0.516. The Balaban J connectivity index is 1.14. The van der Waals surface area contributed by atoms with Crippen molar-refractivity contribution in [1.82, 2.24) is 20.4 Å².